The van der Waals surface area contributed by atoms with Crippen molar-refractivity contribution < 1.29 is 23.8 Å². The van der Waals surface area contributed by atoms with E-state index in [0.29, 0.717) is 37.4 Å². The fourth-order valence-corrected chi connectivity index (χ4v) is 6.72. The van der Waals surface area contributed by atoms with Crippen molar-refractivity contribution in [1.29, 1.82) is 0 Å². The first kappa shape index (κ1) is 41.6. The van der Waals surface area contributed by atoms with Crippen molar-refractivity contribution in [3.05, 3.63) is 143 Å². The van der Waals surface area contributed by atoms with Crippen LogP contribution in [0.2, 0.25) is 0 Å². The first-order chi connectivity index (χ1) is 27.0. The predicted molar refractivity (Wildman–Crippen MR) is 232 cm³/mol. The van der Waals surface area contributed by atoms with Crippen molar-refractivity contribution in [3.63, 3.8) is 0 Å². The van der Waals surface area contributed by atoms with E-state index in [4.69, 9.17) is 19.2 Å². The molecular weight excluding hydrogens is 717 g/mol. The highest BCUT2D eigenvalue weighted by Crippen LogP contribution is 2.31. The third kappa shape index (κ3) is 11.5. The lowest BCUT2D eigenvalue weighted by Gasteiger charge is -2.19. The van der Waals surface area contributed by atoms with Crippen LogP contribution in [0.15, 0.2) is 125 Å². The maximum absolute atomic E-state index is 13.3. The minimum Gasteiger partial charge on any atom is -0.493 e. The van der Waals surface area contributed by atoms with Crippen molar-refractivity contribution in [2.75, 3.05) is 31.8 Å². The average molecular weight is 769 g/mol. The van der Waals surface area contributed by atoms with E-state index < -0.39 is 5.97 Å². The van der Waals surface area contributed by atoms with Crippen molar-refractivity contribution in [3.8, 4) is 33.8 Å². The SMILES string of the molecule is C=C(C)C(=O)OCCCOc1ccc(-c2ccc(CCC(=O)Oc3ccc(-c4ccc(CCC)cc4)cc3C)c(/C=N/CN(C)c3ccccc3S)c2C)cc1. The molecule has 8 heteroatoms. The normalized spacial score (nSPS) is 11.0. The molecule has 0 atom stereocenters. The molecule has 0 aliphatic rings. The molecule has 0 N–H and O–H groups in total. The van der Waals surface area contributed by atoms with Gasteiger partial charge in [-0.3, -0.25) is 9.79 Å². The number of hydrogen-bond acceptors (Lipinski definition) is 8. The minimum atomic E-state index is -0.393. The fourth-order valence-electron chi connectivity index (χ4n) is 6.39. The van der Waals surface area contributed by atoms with Gasteiger partial charge in [0.15, 0.2) is 0 Å². The number of thiol groups is 1. The Morgan fingerprint density at radius 1 is 0.857 bits per heavy atom. The Kier molecular flexibility index (Phi) is 15.1. The largest absolute Gasteiger partial charge is 0.493 e. The number of carbonyl (C=O) groups is 2. The zero-order chi connectivity index (χ0) is 40.0. The fraction of sp³-hybridized carbons (Fsp3) is 0.271. The highest BCUT2D eigenvalue weighted by atomic mass is 32.1. The van der Waals surface area contributed by atoms with Crippen LogP contribution in [0.1, 0.15) is 60.9 Å². The van der Waals surface area contributed by atoms with Crippen LogP contribution >= 0.6 is 12.6 Å². The van der Waals surface area contributed by atoms with Crippen molar-refractivity contribution in [2.24, 2.45) is 4.99 Å². The number of para-hydroxylation sites is 1. The molecular formula is C48H52N2O5S. The Morgan fingerprint density at radius 3 is 2.27 bits per heavy atom. The van der Waals surface area contributed by atoms with E-state index >= 15 is 0 Å². The zero-order valence-electron chi connectivity index (χ0n) is 33.1. The van der Waals surface area contributed by atoms with E-state index in [1.165, 1.54) is 5.56 Å². The highest BCUT2D eigenvalue weighted by molar-refractivity contribution is 7.80. The lowest BCUT2D eigenvalue weighted by Crippen LogP contribution is -2.17. The molecule has 0 aliphatic heterocycles. The predicted octanol–water partition coefficient (Wildman–Crippen LogP) is 10.8. The van der Waals surface area contributed by atoms with Gasteiger partial charge in [0.05, 0.1) is 25.3 Å². The van der Waals surface area contributed by atoms with Crippen LogP contribution in [-0.4, -0.2) is 45.1 Å². The second-order valence-corrected chi connectivity index (χ2v) is 14.5. The Balaban J connectivity index is 1.29. The van der Waals surface area contributed by atoms with Crippen LogP contribution in [-0.2, 0) is 27.2 Å². The molecule has 5 rings (SSSR count). The molecule has 0 aromatic heterocycles. The number of benzene rings is 5. The van der Waals surface area contributed by atoms with Gasteiger partial charge in [-0.05, 0) is 120 Å². The molecule has 0 unspecified atom stereocenters. The summed E-state index contributed by atoms with van der Waals surface area (Å²) in [5.41, 5.74) is 11.0. The van der Waals surface area contributed by atoms with Gasteiger partial charge in [-0.15, -0.1) is 12.6 Å². The van der Waals surface area contributed by atoms with Crippen LogP contribution in [0, 0.1) is 13.8 Å². The maximum Gasteiger partial charge on any atom is 0.333 e. The van der Waals surface area contributed by atoms with Gasteiger partial charge in [0.1, 0.15) is 18.2 Å². The van der Waals surface area contributed by atoms with E-state index in [9.17, 15) is 9.59 Å². The summed E-state index contributed by atoms with van der Waals surface area (Å²) in [5, 5.41) is 0. The molecule has 0 aliphatic carbocycles. The summed E-state index contributed by atoms with van der Waals surface area (Å²) in [5.74, 6) is 0.619. The van der Waals surface area contributed by atoms with Gasteiger partial charge in [-0.1, -0.05) is 86.7 Å². The second-order valence-electron chi connectivity index (χ2n) is 14.0. The van der Waals surface area contributed by atoms with Gasteiger partial charge in [0.2, 0.25) is 0 Å². The topological polar surface area (TPSA) is 77.4 Å². The Hall–Kier alpha value is -5.60. The van der Waals surface area contributed by atoms with Gasteiger partial charge in [-0.2, -0.15) is 0 Å². The van der Waals surface area contributed by atoms with Crippen LogP contribution in [0.4, 0.5) is 5.69 Å². The summed E-state index contributed by atoms with van der Waals surface area (Å²) in [6, 6.07) is 34.7. The third-order valence-electron chi connectivity index (χ3n) is 9.54. The molecule has 5 aromatic carbocycles. The van der Waals surface area contributed by atoms with Gasteiger partial charge >= 0.3 is 11.9 Å². The highest BCUT2D eigenvalue weighted by Gasteiger charge is 2.15. The third-order valence-corrected chi connectivity index (χ3v) is 9.92. The molecule has 56 heavy (non-hydrogen) atoms. The smallest absolute Gasteiger partial charge is 0.333 e. The Bertz CT molecular complexity index is 2160. The summed E-state index contributed by atoms with van der Waals surface area (Å²) in [6.07, 6.45) is 5.38. The molecule has 7 nitrogen and oxygen atoms in total. The van der Waals surface area contributed by atoms with Gasteiger partial charge in [-0.25, -0.2) is 4.79 Å². The summed E-state index contributed by atoms with van der Waals surface area (Å²) >= 11 is 4.62. The van der Waals surface area contributed by atoms with E-state index in [2.05, 4.69) is 75.5 Å². The summed E-state index contributed by atoms with van der Waals surface area (Å²) in [7, 11) is 1.99. The molecule has 0 fully saturated rings. The monoisotopic (exact) mass is 768 g/mol. The number of ether oxygens (including phenoxy) is 3. The van der Waals surface area contributed by atoms with Gasteiger partial charge in [0, 0.05) is 30.2 Å². The number of hydrogen-bond donors (Lipinski definition) is 1. The van der Waals surface area contributed by atoms with Gasteiger partial charge in [0.25, 0.3) is 0 Å². The minimum absolute atomic E-state index is 0.213. The van der Waals surface area contributed by atoms with Crippen molar-refractivity contribution >= 4 is 36.5 Å². The zero-order valence-corrected chi connectivity index (χ0v) is 34.0. The van der Waals surface area contributed by atoms with E-state index in [1.807, 2.05) is 85.7 Å². The molecule has 0 saturated heterocycles. The Labute approximate surface area is 337 Å². The number of aliphatic imine (C=N–C) groups is 1. The second kappa shape index (κ2) is 20.4. The molecule has 290 valence electrons. The molecule has 0 saturated carbocycles. The summed E-state index contributed by atoms with van der Waals surface area (Å²) in [4.78, 5) is 32.6. The number of esters is 2. The van der Waals surface area contributed by atoms with Crippen LogP contribution in [0.5, 0.6) is 11.5 Å². The van der Waals surface area contributed by atoms with Crippen molar-refractivity contribution in [2.45, 2.75) is 64.7 Å². The van der Waals surface area contributed by atoms with Gasteiger partial charge < -0.3 is 19.1 Å². The summed E-state index contributed by atoms with van der Waals surface area (Å²) in [6.45, 7) is 12.6. The number of anilines is 1. The van der Waals surface area contributed by atoms with E-state index in [1.54, 1.807) is 6.92 Å². The Morgan fingerprint density at radius 2 is 1.57 bits per heavy atom. The van der Waals surface area contributed by atoms with Crippen molar-refractivity contribution in [1.82, 2.24) is 0 Å². The standard InChI is InChI=1S/C48H52N2O5S/c1-7-11-36-14-16-37(17-15-36)40-21-26-45(34(4)30-40)55-47(51)27-22-39-20-25-42(35(5)43(39)31-49-32-50(6)44-12-8-9-13-46(44)56)38-18-23-41(24-19-38)53-28-10-29-54-48(52)33(2)3/h8-9,12-21,23-26,30-31,56H,2,7,10-11,22,27-29,32H2,1,3-6H3/b49-31+. The van der Waals surface area contributed by atoms with Crippen LogP contribution in [0.3, 0.4) is 0 Å². The molecule has 0 radical (unpaired) electrons. The number of aryl methyl sites for hydroxylation is 3. The first-order valence-corrected chi connectivity index (χ1v) is 19.6. The number of rotatable bonds is 18. The summed E-state index contributed by atoms with van der Waals surface area (Å²) < 4.78 is 16.9. The molecule has 0 spiro atoms. The quantitative estimate of drug-likeness (QED) is 0.0239. The molecule has 0 heterocycles. The van der Waals surface area contributed by atoms with E-state index in [0.717, 1.165) is 73.7 Å². The first-order valence-electron chi connectivity index (χ1n) is 19.1. The maximum atomic E-state index is 13.3. The number of nitrogens with zero attached hydrogens (tertiary/aromatic N) is 2. The molecule has 5 aromatic rings. The van der Waals surface area contributed by atoms with Crippen LogP contribution in [0.25, 0.3) is 22.3 Å². The van der Waals surface area contributed by atoms with E-state index in [-0.39, 0.29) is 19.0 Å². The lowest BCUT2D eigenvalue weighted by molar-refractivity contribution is -0.139. The van der Waals surface area contributed by atoms with Crippen LogP contribution < -0.4 is 14.4 Å². The number of carbonyl (C=O) groups excluding carboxylic acids is 2. The average Bonchev–Trinajstić information content (AvgIpc) is 3.19. The molecule has 0 bridgehead atoms. The molecule has 0 amide bonds. The lowest BCUT2D eigenvalue weighted by atomic mass is 9.91.